The number of hydrogen-bond acceptors (Lipinski definition) is 9. The van der Waals surface area contributed by atoms with E-state index in [0.29, 0.717) is 31.3 Å². The molecule has 0 aliphatic carbocycles. The van der Waals surface area contributed by atoms with Crippen molar-refractivity contribution in [3.8, 4) is 0 Å². The Bertz CT molecular complexity index is 1170. The van der Waals surface area contributed by atoms with E-state index >= 15 is 0 Å². The van der Waals surface area contributed by atoms with Gasteiger partial charge in [0.1, 0.15) is 12.2 Å². The number of rotatable bonds is 9. The van der Waals surface area contributed by atoms with Crippen molar-refractivity contribution in [2.75, 3.05) is 44.4 Å². The molecule has 11 nitrogen and oxygen atoms in total. The lowest BCUT2D eigenvalue weighted by molar-refractivity contribution is -0.384. The highest BCUT2D eigenvalue weighted by molar-refractivity contribution is 7.89. The van der Waals surface area contributed by atoms with Crippen LogP contribution in [0.2, 0.25) is 5.02 Å². The lowest BCUT2D eigenvalue weighted by Gasteiger charge is -2.28. The second kappa shape index (κ2) is 10.7. The number of nitro groups is 1. The highest BCUT2D eigenvalue weighted by atomic mass is 35.5. The first-order valence-corrected chi connectivity index (χ1v) is 11.6. The Morgan fingerprint density at radius 3 is 2.58 bits per heavy atom. The van der Waals surface area contributed by atoms with Gasteiger partial charge in [0.15, 0.2) is 12.4 Å². The molecule has 0 spiro atoms. The van der Waals surface area contributed by atoms with Gasteiger partial charge in [-0.15, -0.1) is 0 Å². The molecule has 0 bridgehead atoms. The molecule has 0 atom stereocenters. The van der Waals surface area contributed by atoms with Crippen LogP contribution in [0.3, 0.4) is 0 Å². The molecule has 0 unspecified atom stereocenters. The molecule has 2 aromatic carbocycles. The Morgan fingerprint density at radius 1 is 1.18 bits per heavy atom. The number of hydrogen-bond donors (Lipinski definition) is 1. The summed E-state index contributed by atoms with van der Waals surface area (Å²) < 4.78 is 37.1. The summed E-state index contributed by atoms with van der Waals surface area (Å²) in [6.45, 7) is 0.321. The Kier molecular flexibility index (Phi) is 7.97. The number of ether oxygens (including phenoxy) is 2. The number of ketones is 1. The summed E-state index contributed by atoms with van der Waals surface area (Å²) in [6.07, 6.45) is 0. The van der Waals surface area contributed by atoms with Gasteiger partial charge < -0.3 is 14.4 Å². The van der Waals surface area contributed by atoms with Crippen LogP contribution in [0.25, 0.3) is 0 Å². The third-order valence-electron chi connectivity index (χ3n) is 4.72. The van der Waals surface area contributed by atoms with Gasteiger partial charge in [0.2, 0.25) is 10.0 Å². The summed E-state index contributed by atoms with van der Waals surface area (Å²) in [4.78, 5) is 36.1. The van der Waals surface area contributed by atoms with Crippen LogP contribution in [0.15, 0.2) is 47.4 Å². The van der Waals surface area contributed by atoms with Crippen molar-refractivity contribution in [3.05, 3.63) is 63.2 Å². The summed E-state index contributed by atoms with van der Waals surface area (Å²) in [6, 6.07) is 9.55. The van der Waals surface area contributed by atoms with Crippen LogP contribution < -0.4 is 9.62 Å². The minimum absolute atomic E-state index is 0.239. The van der Waals surface area contributed by atoms with Crippen LogP contribution in [-0.2, 0) is 24.3 Å². The van der Waals surface area contributed by atoms with E-state index < -0.39 is 39.9 Å². The molecule has 33 heavy (non-hydrogen) atoms. The standard InChI is InChI=1S/C20H20ClN3O8S/c21-15-3-1-2-14(10-15)19(25)13-32-20(26)12-22-33(29,30)16-4-5-17(18(11-16)24(27)28)23-6-8-31-9-7-23/h1-5,10-11,22H,6-9,12-13H2. The first kappa shape index (κ1) is 24.6. The predicted octanol–water partition coefficient (Wildman–Crippen LogP) is 1.79. The summed E-state index contributed by atoms with van der Waals surface area (Å²) in [5.74, 6) is -1.50. The SMILES string of the molecule is O=C(CNS(=O)(=O)c1ccc(N2CCOCC2)c([N+](=O)[O-])c1)OCC(=O)c1cccc(Cl)c1. The number of benzene rings is 2. The van der Waals surface area contributed by atoms with Gasteiger partial charge in [0.25, 0.3) is 5.69 Å². The third kappa shape index (κ3) is 6.48. The molecule has 13 heteroatoms. The number of carbonyl (C=O) groups is 2. The molecule has 1 aliphatic heterocycles. The molecule has 176 valence electrons. The normalized spacial score (nSPS) is 14.0. The molecule has 1 heterocycles. The van der Waals surface area contributed by atoms with E-state index in [1.807, 2.05) is 4.72 Å². The Morgan fingerprint density at radius 2 is 1.91 bits per heavy atom. The van der Waals surface area contributed by atoms with Crippen molar-refractivity contribution < 1.29 is 32.4 Å². The zero-order valence-corrected chi connectivity index (χ0v) is 18.8. The van der Waals surface area contributed by atoms with Crippen molar-refractivity contribution in [3.63, 3.8) is 0 Å². The largest absolute Gasteiger partial charge is 0.456 e. The van der Waals surface area contributed by atoms with E-state index in [1.165, 1.54) is 24.3 Å². The number of nitrogens with one attached hydrogen (secondary N) is 1. The number of nitrogens with zero attached hydrogens (tertiary/aromatic N) is 2. The number of Topliss-reactive ketones (excluding diaryl/α,β-unsaturated/α-hetero) is 1. The van der Waals surface area contributed by atoms with Gasteiger partial charge in [-0.3, -0.25) is 19.7 Å². The molecular weight excluding hydrogens is 478 g/mol. The Labute approximate surface area is 194 Å². The van der Waals surface area contributed by atoms with Crippen LogP contribution >= 0.6 is 11.6 Å². The maximum absolute atomic E-state index is 12.5. The molecule has 0 radical (unpaired) electrons. The number of halogens is 1. The van der Waals surface area contributed by atoms with Gasteiger partial charge in [-0.1, -0.05) is 23.7 Å². The van der Waals surface area contributed by atoms with Gasteiger partial charge in [-0.05, 0) is 24.3 Å². The van der Waals surface area contributed by atoms with E-state index in [4.69, 9.17) is 21.1 Å². The molecular formula is C20H20ClN3O8S. The molecule has 3 rings (SSSR count). The molecule has 1 fully saturated rings. The van der Waals surface area contributed by atoms with E-state index in [-0.39, 0.29) is 21.8 Å². The number of carbonyl (C=O) groups excluding carboxylic acids is 2. The highest BCUT2D eigenvalue weighted by Crippen LogP contribution is 2.31. The third-order valence-corrected chi connectivity index (χ3v) is 6.36. The van der Waals surface area contributed by atoms with E-state index in [2.05, 4.69) is 0 Å². The van der Waals surface area contributed by atoms with Crippen molar-refractivity contribution in [1.82, 2.24) is 4.72 Å². The minimum Gasteiger partial charge on any atom is -0.456 e. The first-order chi connectivity index (χ1) is 15.7. The summed E-state index contributed by atoms with van der Waals surface area (Å²) in [5, 5.41) is 11.9. The van der Waals surface area contributed by atoms with Crippen molar-refractivity contribution >= 4 is 44.8 Å². The van der Waals surface area contributed by atoms with Gasteiger partial charge >= 0.3 is 5.97 Å². The number of anilines is 1. The maximum atomic E-state index is 12.5. The quantitative estimate of drug-likeness (QED) is 0.237. The van der Waals surface area contributed by atoms with Gasteiger partial charge in [0, 0.05) is 29.7 Å². The molecule has 0 amide bonds. The van der Waals surface area contributed by atoms with E-state index in [0.717, 1.165) is 6.07 Å². The molecule has 1 aliphatic rings. The minimum atomic E-state index is -4.26. The summed E-state index contributed by atoms with van der Waals surface area (Å²) in [7, 11) is -4.26. The molecule has 1 N–H and O–H groups in total. The molecule has 0 aromatic heterocycles. The fourth-order valence-corrected chi connectivity index (χ4v) is 4.25. The second-order valence-corrected chi connectivity index (χ2v) is 9.13. The number of morpholine rings is 1. The summed E-state index contributed by atoms with van der Waals surface area (Å²) in [5.41, 5.74) is 0.138. The van der Waals surface area contributed by atoms with Crippen molar-refractivity contribution in [2.45, 2.75) is 4.90 Å². The van der Waals surface area contributed by atoms with Crippen LogP contribution in [-0.4, -0.2) is 64.5 Å². The number of nitro benzene ring substituents is 1. The average molecular weight is 498 g/mol. The highest BCUT2D eigenvalue weighted by Gasteiger charge is 2.26. The fourth-order valence-electron chi connectivity index (χ4n) is 3.07. The second-order valence-electron chi connectivity index (χ2n) is 6.93. The van der Waals surface area contributed by atoms with Crippen LogP contribution in [0, 0.1) is 10.1 Å². The summed E-state index contributed by atoms with van der Waals surface area (Å²) >= 11 is 5.81. The van der Waals surface area contributed by atoms with Crippen molar-refractivity contribution in [2.24, 2.45) is 0 Å². The Balaban J connectivity index is 1.62. The van der Waals surface area contributed by atoms with Gasteiger partial charge in [0.05, 0.1) is 23.0 Å². The number of esters is 1. The lowest BCUT2D eigenvalue weighted by atomic mass is 10.1. The number of sulfonamides is 1. The zero-order valence-electron chi connectivity index (χ0n) is 17.2. The van der Waals surface area contributed by atoms with Gasteiger partial charge in [-0.25, -0.2) is 8.42 Å². The monoisotopic (exact) mass is 497 g/mol. The molecule has 1 saturated heterocycles. The van der Waals surface area contributed by atoms with E-state index in [9.17, 15) is 28.1 Å². The fraction of sp³-hybridized carbons (Fsp3) is 0.300. The smallest absolute Gasteiger partial charge is 0.321 e. The van der Waals surface area contributed by atoms with Crippen LogP contribution in [0.5, 0.6) is 0 Å². The average Bonchev–Trinajstić information content (AvgIpc) is 2.81. The van der Waals surface area contributed by atoms with Crippen LogP contribution in [0.1, 0.15) is 10.4 Å². The van der Waals surface area contributed by atoms with Crippen molar-refractivity contribution in [1.29, 1.82) is 0 Å². The molecule has 2 aromatic rings. The first-order valence-electron chi connectivity index (χ1n) is 9.72. The van der Waals surface area contributed by atoms with E-state index in [1.54, 1.807) is 17.0 Å². The zero-order chi connectivity index (χ0) is 24.0. The predicted molar refractivity (Wildman–Crippen MR) is 118 cm³/mol. The topological polar surface area (TPSA) is 145 Å². The molecule has 0 saturated carbocycles. The lowest BCUT2D eigenvalue weighted by Crippen LogP contribution is -2.36. The maximum Gasteiger partial charge on any atom is 0.321 e. The van der Waals surface area contributed by atoms with Gasteiger partial charge in [-0.2, -0.15) is 4.72 Å². The van der Waals surface area contributed by atoms with Crippen LogP contribution in [0.4, 0.5) is 11.4 Å². The Hall–Kier alpha value is -3.06.